The van der Waals surface area contributed by atoms with Gasteiger partial charge in [-0.2, -0.15) is 0 Å². The molecule has 72 valence electrons. The van der Waals surface area contributed by atoms with E-state index in [4.69, 9.17) is 0 Å². The summed E-state index contributed by atoms with van der Waals surface area (Å²) < 4.78 is 0. The molecule has 0 rings (SSSR count). The van der Waals surface area contributed by atoms with Gasteiger partial charge in [-0.3, -0.25) is 4.79 Å². The van der Waals surface area contributed by atoms with Crippen molar-refractivity contribution in [3.8, 4) is 0 Å². The predicted molar refractivity (Wildman–Crippen MR) is 51.0 cm³/mol. The van der Waals surface area contributed by atoms with Crippen molar-refractivity contribution in [1.82, 2.24) is 10.2 Å². The van der Waals surface area contributed by atoms with Crippen molar-refractivity contribution in [2.75, 3.05) is 13.6 Å². The molecule has 0 aliphatic carbocycles. The molecule has 0 fully saturated rings. The van der Waals surface area contributed by atoms with E-state index in [1.54, 1.807) is 7.05 Å². The van der Waals surface area contributed by atoms with Crippen molar-refractivity contribution in [3.05, 3.63) is 0 Å². The van der Waals surface area contributed by atoms with Gasteiger partial charge in [0.05, 0.1) is 6.04 Å². The molecule has 1 N–H and O–H groups in total. The minimum absolute atomic E-state index is 0.0765. The molecule has 0 spiro atoms. The first-order chi connectivity index (χ1) is 5.54. The second-order valence-corrected chi connectivity index (χ2v) is 3.23. The van der Waals surface area contributed by atoms with Gasteiger partial charge in [0.1, 0.15) is 0 Å². The Kier molecular flexibility index (Phi) is 4.90. The first-order valence-electron chi connectivity index (χ1n) is 4.52. The zero-order valence-electron chi connectivity index (χ0n) is 8.72. The van der Waals surface area contributed by atoms with Gasteiger partial charge in [-0.25, -0.2) is 0 Å². The van der Waals surface area contributed by atoms with E-state index in [0.29, 0.717) is 6.04 Å². The number of carbonyl (C=O) groups is 1. The van der Waals surface area contributed by atoms with E-state index in [2.05, 4.69) is 5.32 Å². The summed E-state index contributed by atoms with van der Waals surface area (Å²) in [6.07, 6.45) is 0. The number of carbonyl (C=O) groups excluding carboxylic acids is 1. The van der Waals surface area contributed by atoms with Crippen molar-refractivity contribution < 1.29 is 4.79 Å². The highest BCUT2D eigenvalue weighted by Gasteiger charge is 2.19. The van der Waals surface area contributed by atoms with Gasteiger partial charge in [-0.15, -0.1) is 0 Å². The Morgan fingerprint density at radius 3 is 2.17 bits per heavy atom. The topological polar surface area (TPSA) is 32.3 Å². The Hall–Kier alpha value is -0.570. The Bertz CT molecular complexity index is 145. The minimum Gasteiger partial charge on any atom is -0.339 e. The molecular weight excluding hydrogens is 152 g/mol. The lowest BCUT2D eigenvalue weighted by atomic mass is 10.2. The zero-order chi connectivity index (χ0) is 9.72. The van der Waals surface area contributed by atoms with Crippen LogP contribution in [-0.4, -0.2) is 36.5 Å². The van der Waals surface area contributed by atoms with Crippen LogP contribution in [0.4, 0.5) is 0 Å². The lowest BCUT2D eigenvalue weighted by Crippen LogP contribution is -2.46. The van der Waals surface area contributed by atoms with E-state index in [0.717, 1.165) is 6.54 Å². The van der Waals surface area contributed by atoms with E-state index in [9.17, 15) is 4.79 Å². The number of nitrogens with one attached hydrogen (secondary N) is 1. The molecule has 0 saturated heterocycles. The van der Waals surface area contributed by atoms with Gasteiger partial charge in [0.2, 0.25) is 5.91 Å². The van der Waals surface area contributed by atoms with Crippen LogP contribution in [-0.2, 0) is 4.79 Å². The molecule has 0 aromatic heterocycles. The minimum atomic E-state index is -0.0765. The molecule has 1 amide bonds. The normalized spacial score (nSPS) is 13.2. The lowest BCUT2D eigenvalue weighted by molar-refractivity contribution is -0.134. The summed E-state index contributed by atoms with van der Waals surface area (Å²) in [7, 11) is 1.80. The van der Waals surface area contributed by atoms with Gasteiger partial charge < -0.3 is 10.2 Å². The van der Waals surface area contributed by atoms with Crippen LogP contribution in [0.1, 0.15) is 27.7 Å². The average Bonchev–Trinajstić information content (AvgIpc) is 2.03. The van der Waals surface area contributed by atoms with E-state index >= 15 is 0 Å². The smallest absolute Gasteiger partial charge is 0.239 e. The highest BCUT2D eigenvalue weighted by molar-refractivity contribution is 5.81. The summed E-state index contributed by atoms with van der Waals surface area (Å²) in [6.45, 7) is 8.73. The molecule has 0 radical (unpaired) electrons. The molecule has 1 atom stereocenters. The fraction of sp³-hybridized carbons (Fsp3) is 0.889. The van der Waals surface area contributed by atoms with Gasteiger partial charge in [0.15, 0.2) is 0 Å². The molecule has 3 nitrogen and oxygen atoms in total. The van der Waals surface area contributed by atoms with Crippen molar-refractivity contribution in [1.29, 1.82) is 0 Å². The van der Waals surface area contributed by atoms with E-state index in [1.165, 1.54) is 0 Å². The Balaban J connectivity index is 4.21. The third-order valence-corrected chi connectivity index (χ3v) is 2.05. The number of hydrogen-bond donors (Lipinski definition) is 1. The number of nitrogens with zero attached hydrogens (tertiary/aromatic N) is 1. The van der Waals surface area contributed by atoms with E-state index in [1.807, 2.05) is 32.6 Å². The van der Waals surface area contributed by atoms with Gasteiger partial charge in [-0.1, -0.05) is 0 Å². The van der Waals surface area contributed by atoms with Crippen LogP contribution < -0.4 is 5.32 Å². The third-order valence-electron chi connectivity index (χ3n) is 2.05. The summed E-state index contributed by atoms with van der Waals surface area (Å²) in [5.41, 5.74) is 0. The van der Waals surface area contributed by atoms with Crippen molar-refractivity contribution in [2.45, 2.75) is 39.8 Å². The molecule has 0 aromatic carbocycles. The standard InChI is InChI=1S/C9H20N2O/c1-6-11(7(2)3)9(12)8(4)10-5/h7-8,10H,6H2,1-5H3. The molecule has 0 saturated carbocycles. The van der Waals surface area contributed by atoms with Crippen LogP contribution in [0.15, 0.2) is 0 Å². The second-order valence-electron chi connectivity index (χ2n) is 3.23. The molecular formula is C9H20N2O. The number of rotatable bonds is 4. The van der Waals surface area contributed by atoms with Crippen molar-refractivity contribution in [2.24, 2.45) is 0 Å². The monoisotopic (exact) mass is 172 g/mol. The fourth-order valence-corrected chi connectivity index (χ4v) is 1.15. The molecule has 3 heteroatoms. The zero-order valence-corrected chi connectivity index (χ0v) is 8.72. The largest absolute Gasteiger partial charge is 0.339 e. The SMILES string of the molecule is CCN(C(=O)C(C)NC)C(C)C. The molecule has 0 bridgehead atoms. The van der Waals surface area contributed by atoms with E-state index in [-0.39, 0.29) is 11.9 Å². The number of amides is 1. The van der Waals surface area contributed by atoms with E-state index < -0.39 is 0 Å². The van der Waals surface area contributed by atoms with Crippen LogP contribution in [0.2, 0.25) is 0 Å². The summed E-state index contributed by atoms with van der Waals surface area (Å²) in [6, 6.07) is 0.214. The van der Waals surface area contributed by atoms with Gasteiger partial charge in [0, 0.05) is 12.6 Å². The maximum atomic E-state index is 11.6. The maximum absolute atomic E-state index is 11.6. The lowest BCUT2D eigenvalue weighted by Gasteiger charge is -2.27. The molecule has 1 unspecified atom stereocenters. The third kappa shape index (κ3) is 2.81. The van der Waals surface area contributed by atoms with Crippen LogP contribution in [0, 0.1) is 0 Å². The molecule has 0 aliphatic rings. The van der Waals surface area contributed by atoms with Crippen LogP contribution in [0.3, 0.4) is 0 Å². The second kappa shape index (κ2) is 5.14. The highest BCUT2D eigenvalue weighted by atomic mass is 16.2. The summed E-state index contributed by atoms with van der Waals surface area (Å²) in [4.78, 5) is 13.5. The van der Waals surface area contributed by atoms with Crippen molar-refractivity contribution in [3.63, 3.8) is 0 Å². The Morgan fingerprint density at radius 1 is 1.42 bits per heavy atom. The average molecular weight is 172 g/mol. The Labute approximate surface area is 75.1 Å². The van der Waals surface area contributed by atoms with Crippen molar-refractivity contribution >= 4 is 5.91 Å². The fourth-order valence-electron chi connectivity index (χ4n) is 1.15. The number of hydrogen-bond acceptors (Lipinski definition) is 2. The molecule has 0 aliphatic heterocycles. The van der Waals surface area contributed by atoms with Crippen LogP contribution in [0.5, 0.6) is 0 Å². The first-order valence-corrected chi connectivity index (χ1v) is 4.52. The quantitative estimate of drug-likeness (QED) is 0.682. The Morgan fingerprint density at radius 2 is 1.92 bits per heavy atom. The number of likely N-dealkylation sites (N-methyl/N-ethyl adjacent to an activating group) is 2. The van der Waals surface area contributed by atoms with Gasteiger partial charge in [-0.05, 0) is 34.7 Å². The summed E-state index contributed by atoms with van der Waals surface area (Å²) in [5, 5.41) is 2.94. The molecule has 0 aromatic rings. The summed E-state index contributed by atoms with van der Waals surface area (Å²) >= 11 is 0. The maximum Gasteiger partial charge on any atom is 0.239 e. The van der Waals surface area contributed by atoms with Crippen LogP contribution in [0.25, 0.3) is 0 Å². The van der Waals surface area contributed by atoms with Gasteiger partial charge in [0.25, 0.3) is 0 Å². The van der Waals surface area contributed by atoms with Crippen LogP contribution >= 0.6 is 0 Å². The molecule has 0 heterocycles. The van der Waals surface area contributed by atoms with Gasteiger partial charge >= 0.3 is 0 Å². The highest BCUT2D eigenvalue weighted by Crippen LogP contribution is 2.00. The first kappa shape index (κ1) is 11.4. The summed E-state index contributed by atoms with van der Waals surface area (Å²) in [5.74, 6) is 0.176. The predicted octanol–water partition coefficient (Wildman–Crippen LogP) is 0.851. The molecule has 12 heavy (non-hydrogen) atoms.